The van der Waals surface area contributed by atoms with Crippen LogP contribution in [-0.2, 0) is 22.4 Å². The highest BCUT2D eigenvalue weighted by molar-refractivity contribution is 6.06. The Morgan fingerprint density at radius 1 is 0.968 bits per heavy atom. The molecular weight excluding hydrogens is 388 g/mol. The van der Waals surface area contributed by atoms with Gasteiger partial charge in [0.1, 0.15) is 0 Å². The molecule has 31 heavy (non-hydrogen) atoms. The molecule has 3 aromatic rings. The Labute approximate surface area is 182 Å². The lowest BCUT2D eigenvalue weighted by Crippen LogP contribution is -2.22. The first-order valence-corrected chi connectivity index (χ1v) is 11.0. The van der Waals surface area contributed by atoms with E-state index in [-0.39, 0.29) is 12.5 Å². The summed E-state index contributed by atoms with van der Waals surface area (Å²) in [6.45, 7) is 3.63. The Balaban J connectivity index is 1.57. The first-order chi connectivity index (χ1) is 15.0. The number of carbonyl (C=O) groups is 2. The van der Waals surface area contributed by atoms with Crippen molar-refractivity contribution in [2.24, 2.45) is 0 Å². The van der Waals surface area contributed by atoms with Gasteiger partial charge >= 0.3 is 5.97 Å². The number of nitrogens with one attached hydrogen (secondary N) is 1. The summed E-state index contributed by atoms with van der Waals surface area (Å²) < 4.78 is 5.50. The van der Waals surface area contributed by atoms with Gasteiger partial charge in [-0.25, -0.2) is 4.79 Å². The zero-order chi connectivity index (χ0) is 21.8. The standard InChI is InChI=1S/C26H28N2O3/c1-17-10-9-15-21(18(17)2)28-24(29)16-31-26(30)25-19-11-5-3-4-6-13-22(19)27-23-14-8-7-12-20(23)25/h7-10,12,14-15H,3-6,11,13,16H2,1-2H3,(H,28,29). The lowest BCUT2D eigenvalue weighted by molar-refractivity contribution is -0.119. The van der Waals surface area contributed by atoms with E-state index in [0.29, 0.717) is 5.56 Å². The van der Waals surface area contributed by atoms with Crippen LogP contribution in [0.25, 0.3) is 10.9 Å². The number of para-hydroxylation sites is 1. The first kappa shape index (κ1) is 21.0. The zero-order valence-corrected chi connectivity index (χ0v) is 18.2. The number of aromatic nitrogens is 1. The molecule has 0 radical (unpaired) electrons. The summed E-state index contributed by atoms with van der Waals surface area (Å²) in [6.07, 6.45) is 6.12. The van der Waals surface area contributed by atoms with Crippen LogP contribution in [0.1, 0.15) is 58.4 Å². The second-order valence-electron chi connectivity index (χ2n) is 8.22. The van der Waals surface area contributed by atoms with Crippen LogP contribution < -0.4 is 5.32 Å². The number of hydrogen-bond donors (Lipinski definition) is 1. The highest BCUT2D eigenvalue weighted by Gasteiger charge is 2.23. The van der Waals surface area contributed by atoms with Crippen molar-refractivity contribution in [2.45, 2.75) is 52.4 Å². The number of benzene rings is 2. The van der Waals surface area contributed by atoms with Gasteiger partial charge in [0.05, 0.1) is 11.1 Å². The van der Waals surface area contributed by atoms with E-state index in [0.717, 1.165) is 71.1 Å². The van der Waals surface area contributed by atoms with Gasteiger partial charge in [-0.3, -0.25) is 9.78 Å². The molecule has 1 aliphatic rings. The van der Waals surface area contributed by atoms with Crippen molar-refractivity contribution in [2.75, 3.05) is 11.9 Å². The third-order valence-electron chi connectivity index (χ3n) is 6.09. The van der Waals surface area contributed by atoms with E-state index in [1.165, 1.54) is 6.42 Å². The second kappa shape index (κ2) is 9.29. The predicted molar refractivity (Wildman–Crippen MR) is 122 cm³/mol. The van der Waals surface area contributed by atoms with Crippen LogP contribution in [0.3, 0.4) is 0 Å². The fourth-order valence-electron chi connectivity index (χ4n) is 4.24. The first-order valence-electron chi connectivity index (χ1n) is 11.0. The molecule has 160 valence electrons. The van der Waals surface area contributed by atoms with Crippen LogP contribution in [0.15, 0.2) is 42.5 Å². The third-order valence-corrected chi connectivity index (χ3v) is 6.09. The second-order valence-corrected chi connectivity index (χ2v) is 8.22. The maximum atomic E-state index is 13.2. The molecule has 0 bridgehead atoms. The minimum absolute atomic E-state index is 0.322. The number of esters is 1. The summed E-state index contributed by atoms with van der Waals surface area (Å²) in [5, 5.41) is 3.64. The highest BCUT2D eigenvalue weighted by Crippen LogP contribution is 2.29. The van der Waals surface area contributed by atoms with Crippen molar-refractivity contribution in [3.8, 4) is 0 Å². The maximum absolute atomic E-state index is 13.2. The molecule has 0 aliphatic heterocycles. The summed E-state index contributed by atoms with van der Waals surface area (Å²) in [5.41, 5.74) is 6.18. The number of pyridine rings is 1. The molecule has 0 fully saturated rings. The van der Waals surface area contributed by atoms with Crippen molar-refractivity contribution >= 4 is 28.5 Å². The van der Waals surface area contributed by atoms with Gasteiger partial charge in [-0.2, -0.15) is 0 Å². The number of amides is 1. The van der Waals surface area contributed by atoms with E-state index in [1.807, 2.05) is 56.3 Å². The van der Waals surface area contributed by atoms with Crippen LogP contribution in [0, 0.1) is 13.8 Å². The summed E-state index contributed by atoms with van der Waals surface area (Å²) in [4.78, 5) is 30.5. The Morgan fingerprint density at radius 3 is 2.58 bits per heavy atom. The van der Waals surface area contributed by atoms with Gasteiger partial charge in [0.15, 0.2) is 6.61 Å². The smallest absolute Gasteiger partial charge is 0.339 e. The lowest BCUT2D eigenvalue weighted by Gasteiger charge is -2.18. The Hall–Kier alpha value is -3.21. The van der Waals surface area contributed by atoms with Gasteiger partial charge in [0.2, 0.25) is 0 Å². The van der Waals surface area contributed by atoms with Crippen LogP contribution in [-0.4, -0.2) is 23.5 Å². The summed E-state index contributed by atoms with van der Waals surface area (Å²) >= 11 is 0. The Bertz CT molecular complexity index is 1140. The van der Waals surface area contributed by atoms with E-state index in [9.17, 15) is 9.59 Å². The van der Waals surface area contributed by atoms with Crippen molar-refractivity contribution in [3.05, 3.63) is 70.4 Å². The molecule has 5 heteroatoms. The van der Waals surface area contributed by atoms with Gasteiger partial charge in [-0.1, -0.05) is 43.2 Å². The quantitative estimate of drug-likeness (QED) is 0.586. The summed E-state index contributed by atoms with van der Waals surface area (Å²) in [5.74, 6) is -0.796. The molecule has 1 N–H and O–H groups in total. The number of carbonyl (C=O) groups excluding carboxylic acids is 2. The SMILES string of the molecule is Cc1cccc(NC(=O)COC(=O)c2c3c(nc4ccccc24)CCCCCC3)c1C. The predicted octanol–water partition coefficient (Wildman–Crippen LogP) is 5.31. The number of hydrogen-bond acceptors (Lipinski definition) is 4. The topological polar surface area (TPSA) is 68.3 Å². The number of anilines is 1. The normalized spacial score (nSPS) is 13.7. The van der Waals surface area contributed by atoms with Crippen LogP contribution >= 0.6 is 0 Å². The van der Waals surface area contributed by atoms with Crippen molar-refractivity contribution in [1.29, 1.82) is 0 Å². The van der Waals surface area contributed by atoms with Crippen LogP contribution in [0.4, 0.5) is 5.69 Å². The van der Waals surface area contributed by atoms with Crippen molar-refractivity contribution in [3.63, 3.8) is 0 Å². The Kier molecular flexibility index (Phi) is 6.31. The van der Waals surface area contributed by atoms with E-state index < -0.39 is 5.97 Å². The zero-order valence-electron chi connectivity index (χ0n) is 18.2. The third kappa shape index (κ3) is 4.61. The van der Waals surface area contributed by atoms with E-state index in [1.54, 1.807) is 0 Å². The van der Waals surface area contributed by atoms with Gasteiger partial charge in [0.25, 0.3) is 5.91 Å². The minimum atomic E-state index is -0.452. The molecular formula is C26H28N2O3. The average Bonchev–Trinajstić information content (AvgIpc) is 2.75. The molecule has 2 aromatic carbocycles. The molecule has 0 saturated carbocycles. The van der Waals surface area contributed by atoms with E-state index in [4.69, 9.17) is 9.72 Å². The number of aryl methyl sites for hydroxylation is 2. The molecule has 1 heterocycles. The molecule has 4 rings (SSSR count). The lowest BCUT2D eigenvalue weighted by atomic mass is 9.91. The van der Waals surface area contributed by atoms with Gasteiger partial charge in [-0.15, -0.1) is 0 Å². The van der Waals surface area contributed by atoms with E-state index >= 15 is 0 Å². The molecule has 1 aliphatic carbocycles. The maximum Gasteiger partial charge on any atom is 0.339 e. The van der Waals surface area contributed by atoms with Gasteiger partial charge in [0, 0.05) is 16.8 Å². The minimum Gasteiger partial charge on any atom is -0.452 e. The number of ether oxygens (including phenoxy) is 1. The van der Waals surface area contributed by atoms with E-state index in [2.05, 4.69) is 5.32 Å². The molecule has 0 spiro atoms. The Morgan fingerprint density at radius 2 is 1.74 bits per heavy atom. The van der Waals surface area contributed by atoms with Crippen molar-refractivity contribution in [1.82, 2.24) is 4.98 Å². The van der Waals surface area contributed by atoms with Crippen LogP contribution in [0.2, 0.25) is 0 Å². The number of nitrogens with zero attached hydrogens (tertiary/aromatic N) is 1. The number of fused-ring (bicyclic) bond motifs is 2. The molecule has 0 atom stereocenters. The molecule has 1 amide bonds. The average molecular weight is 417 g/mol. The van der Waals surface area contributed by atoms with Crippen LogP contribution in [0.5, 0.6) is 0 Å². The fourth-order valence-corrected chi connectivity index (χ4v) is 4.24. The molecule has 0 unspecified atom stereocenters. The molecule has 0 saturated heterocycles. The largest absolute Gasteiger partial charge is 0.452 e. The summed E-state index contributed by atoms with van der Waals surface area (Å²) in [6, 6.07) is 13.4. The molecule has 1 aromatic heterocycles. The fraction of sp³-hybridized carbons (Fsp3) is 0.346. The molecule has 5 nitrogen and oxygen atoms in total. The number of rotatable bonds is 4. The monoisotopic (exact) mass is 416 g/mol. The highest BCUT2D eigenvalue weighted by atomic mass is 16.5. The summed E-state index contributed by atoms with van der Waals surface area (Å²) in [7, 11) is 0. The van der Waals surface area contributed by atoms with Crippen molar-refractivity contribution < 1.29 is 14.3 Å². The van der Waals surface area contributed by atoms with Gasteiger partial charge < -0.3 is 10.1 Å². The van der Waals surface area contributed by atoms with Gasteiger partial charge in [-0.05, 0) is 68.4 Å².